The summed E-state index contributed by atoms with van der Waals surface area (Å²) in [6.45, 7) is 0. The molecule has 0 aliphatic rings. The number of carbonyl (C=O) groups excluding carboxylic acids is 1. The Morgan fingerprint density at radius 2 is 1.96 bits per heavy atom. The number of hydrogen-bond acceptors (Lipinski definition) is 5. The van der Waals surface area contributed by atoms with Crippen LogP contribution >= 0.6 is 11.3 Å². The van der Waals surface area contributed by atoms with Gasteiger partial charge in [-0.25, -0.2) is 9.31 Å². The lowest BCUT2D eigenvalue weighted by Crippen LogP contribution is -2.20. The fourth-order valence-electron chi connectivity index (χ4n) is 2.50. The number of amides is 2. The van der Waals surface area contributed by atoms with Crippen LogP contribution in [0.4, 0.5) is 16.4 Å². The van der Waals surface area contributed by atoms with Gasteiger partial charge in [-0.2, -0.15) is 4.98 Å². The molecule has 0 aliphatic carbocycles. The molecule has 0 atom stereocenters. The first-order chi connectivity index (χ1) is 12.7. The molecule has 0 aliphatic heterocycles. The fraction of sp³-hybridized carbons (Fsp3) is 0.0556. The molecule has 7 nitrogen and oxygen atoms in total. The second-order valence-corrected chi connectivity index (χ2v) is 6.26. The second-order valence-electron chi connectivity index (χ2n) is 5.43. The van der Waals surface area contributed by atoms with Crippen LogP contribution in [0.1, 0.15) is 0 Å². The number of thiazole rings is 1. The third kappa shape index (κ3) is 3.22. The fourth-order valence-corrected chi connectivity index (χ4v) is 3.33. The Balaban J connectivity index is 1.56. The van der Waals surface area contributed by atoms with Crippen molar-refractivity contribution in [2.45, 2.75) is 0 Å². The van der Waals surface area contributed by atoms with Crippen LogP contribution in [0.5, 0.6) is 5.75 Å². The zero-order chi connectivity index (χ0) is 17.9. The van der Waals surface area contributed by atoms with Crippen molar-refractivity contribution in [3.63, 3.8) is 0 Å². The number of hydrogen-bond donors (Lipinski definition) is 2. The van der Waals surface area contributed by atoms with E-state index < -0.39 is 6.03 Å². The SMILES string of the molecule is COc1cccc(-c2csc3nc(NC(=O)Nc4ccccc4)nn23)c1. The summed E-state index contributed by atoms with van der Waals surface area (Å²) in [5.41, 5.74) is 2.54. The summed E-state index contributed by atoms with van der Waals surface area (Å²) in [5.74, 6) is 1.01. The Labute approximate surface area is 153 Å². The van der Waals surface area contributed by atoms with E-state index in [0.29, 0.717) is 10.6 Å². The highest BCUT2D eigenvalue weighted by atomic mass is 32.1. The van der Waals surface area contributed by atoms with Gasteiger partial charge < -0.3 is 10.1 Å². The van der Waals surface area contributed by atoms with E-state index in [1.54, 1.807) is 23.8 Å². The first-order valence-electron chi connectivity index (χ1n) is 7.85. The largest absolute Gasteiger partial charge is 0.497 e. The molecule has 130 valence electrons. The Hall–Kier alpha value is -3.39. The lowest BCUT2D eigenvalue weighted by atomic mass is 10.2. The Bertz CT molecular complexity index is 1060. The number of urea groups is 1. The molecule has 2 N–H and O–H groups in total. The number of methoxy groups -OCH3 is 1. The molecule has 0 bridgehead atoms. The minimum Gasteiger partial charge on any atom is -0.497 e. The second kappa shape index (κ2) is 6.85. The van der Waals surface area contributed by atoms with Gasteiger partial charge in [0, 0.05) is 16.6 Å². The molecule has 4 rings (SSSR count). The highest BCUT2D eigenvalue weighted by molar-refractivity contribution is 7.15. The Kier molecular flexibility index (Phi) is 4.24. The van der Waals surface area contributed by atoms with E-state index in [0.717, 1.165) is 17.0 Å². The van der Waals surface area contributed by atoms with Crippen molar-refractivity contribution in [1.82, 2.24) is 14.6 Å². The number of aromatic nitrogens is 3. The van der Waals surface area contributed by atoms with Crippen molar-refractivity contribution in [3.8, 4) is 17.0 Å². The van der Waals surface area contributed by atoms with Crippen LogP contribution < -0.4 is 15.4 Å². The van der Waals surface area contributed by atoms with Gasteiger partial charge in [-0.15, -0.1) is 16.4 Å². The molecule has 0 unspecified atom stereocenters. The van der Waals surface area contributed by atoms with E-state index in [1.807, 2.05) is 47.8 Å². The average Bonchev–Trinajstić information content (AvgIpc) is 3.22. The maximum Gasteiger partial charge on any atom is 0.326 e. The summed E-state index contributed by atoms with van der Waals surface area (Å²) in [5, 5.41) is 11.8. The summed E-state index contributed by atoms with van der Waals surface area (Å²) < 4.78 is 6.98. The van der Waals surface area contributed by atoms with E-state index in [4.69, 9.17) is 4.74 Å². The number of fused-ring (bicyclic) bond motifs is 1. The van der Waals surface area contributed by atoms with Gasteiger partial charge in [0.15, 0.2) is 0 Å². The summed E-state index contributed by atoms with van der Waals surface area (Å²) in [6, 6.07) is 16.5. The van der Waals surface area contributed by atoms with Crippen LogP contribution in [0, 0.1) is 0 Å². The van der Waals surface area contributed by atoms with Crippen LogP contribution in [-0.4, -0.2) is 27.7 Å². The van der Waals surface area contributed by atoms with Crippen molar-refractivity contribution in [2.75, 3.05) is 17.7 Å². The van der Waals surface area contributed by atoms with Crippen molar-refractivity contribution < 1.29 is 9.53 Å². The van der Waals surface area contributed by atoms with E-state index in [9.17, 15) is 4.79 Å². The van der Waals surface area contributed by atoms with E-state index in [-0.39, 0.29) is 5.95 Å². The highest BCUT2D eigenvalue weighted by Gasteiger charge is 2.13. The number of rotatable bonds is 4. The molecule has 0 fully saturated rings. The first kappa shape index (κ1) is 16.1. The normalized spacial score (nSPS) is 10.7. The molecule has 2 heterocycles. The number of para-hydroxylation sites is 1. The summed E-state index contributed by atoms with van der Waals surface area (Å²) in [6.07, 6.45) is 0. The van der Waals surface area contributed by atoms with Gasteiger partial charge in [-0.1, -0.05) is 30.3 Å². The van der Waals surface area contributed by atoms with Gasteiger partial charge in [0.1, 0.15) is 5.75 Å². The Morgan fingerprint density at radius 3 is 2.77 bits per heavy atom. The van der Waals surface area contributed by atoms with E-state index >= 15 is 0 Å². The first-order valence-corrected chi connectivity index (χ1v) is 8.72. The molecule has 2 amide bonds. The van der Waals surface area contributed by atoms with Crippen molar-refractivity contribution in [1.29, 1.82) is 0 Å². The predicted octanol–water partition coefficient (Wildman–Crippen LogP) is 4.11. The zero-order valence-corrected chi connectivity index (χ0v) is 14.7. The molecular weight excluding hydrogens is 350 g/mol. The Morgan fingerprint density at radius 1 is 1.12 bits per heavy atom. The monoisotopic (exact) mass is 365 g/mol. The molecule has 0 radical (unpaired) electrons. The molecule has 0 saturated carbocycles. The lowest BCUT2D eigenvalue weighted by molar-refractivity contribution is 0.262. The number of carbonyl (C=O) groups is 1. The quantitative estimate of drug-likeness (QED) is 0.570. The van der Waals surface area contributed by atoms with E-state index in [1.165, 1.54) is 11.3 Å². The smallest absolute Gasteiger partial charge is 0.326 e. The molecule has 2 aromatic heterocycles. The van der Waals surface area contributed by atoms with Crippen LogP contribution in [0.3, 0.4) is 0 Å². The summed E-state index contributed by atoms with van der Waals surface area (Å²) >= 11 is 1.45. The number of nitrogens with one attached hydrogen (secondary N) is 2. The van der Waals surface area contributed by atoms with Gasteiger partial charge in [0.05, 0.1) is 12.8 Å². The molecular formula is C18H15N5O2S. The third-order valence-corrected chi connectivity index (χ3v) is 4.52. The van der Waals surface area contributed by atoms with Crippen molar-refractivity contribution >= 4 is 34.0 Å². The van der Waals surface area contributed by atoms with E-state index in [2.05, 4.69) is 20.7 Å². The maximum atomic E-state index is 12.1. The standard InChI is InChI=1S/C18H15N5O2S/c1-25-14-9-5-6-12(10-14)15-11-26-18-21-16(22-23(15)18)20-17(24)19-13-7-3-2-4-8-13/h2-11H,1H3,(H2,19,20,22,24). The molecule has 26 heavy (non-hydrogen) atoms. The third-order valence-electron chi connectivity index (χ3n) is 3.70. The number of ether oxygens (including phenoxy) is 1. The topological polar surface area (TPSA) is 80.5 Å². The van der Waals surface area contributed by atoms with Crippen molar-refractivity contribution in [3.05, 3.63) is 60.0 Å². The molecule has 4 aromatic rings. The van der Waals surface area contributed by atoms with Gasteiger partial charge in [0.25, 0.3) is 5.95 Å². The minimum absolute atomic E-state index is 0.245. The summed E-state index contributed by atoms with van der Waals surface area (Å²) in [4.78, 5) is 17.1. The highest BCUT2D eigenvalue weighted by Crippen LogP contribution is 2.28. The summed E-state index contributed by atoms with van der Waals surface area (Å²) in [7, 11) is 1.63. The van der Waals surface area contributed by atoms with Crippen LogP contribution in [0.2, 0.25) is 0 Å². The molecule has 0 spiro atoms. The number of benzene rings is 2. The zero-order valence-electron chi connectivity index (χ0n) is 13.8. The van der Waals surface area contributed by atoms with Gasteiger partial charge in [-0.05, 0) is 24.3 Å². The van der Waals surface area contributed by atoms with Crippen LogP contribution in [0.25, 0.3) is 16.2 Å². The molecule has 2 aromatic carbocycles. The number of nitrogens with zero attached hydrogens (tertiary/aromatic N) is 3. The molecule has 0 saturated heterocycles. The minimum atomic E-state index is -0.391. The van der Waals surface area contributed by atoms with Gasteiger partial charge in [0.2, 0.25) is 4.96 Å². The van der Waals surface area contributed by atoms with Gasteiger partial charge in [-0.3, -0.25) is 5.32 Å². The lowest BCUT2D eigenvalue weighted by Gasteiger charge is -2.04. The molecule has 8 heteroatoms. The average molecular weight is 365 g/mol. The van der Waals surface area contributed by atoms with Gasteiger partial charge >= 0.3 is 6.03 Å². The predicted molar refractivity (Wildman–Crippen MR) is 102 cm³/mol. The van der Waals surface area contributed by atoms with Crippen LogP contribution in [-0.2, 0) is 0 Å². The van der Waals surface area contributed by atoms with Crippen molar-refractivity contribution in [2.24, 2.45) is 0 Å². The maximum absolute atomic E-state index is 12.1. The number of anilines is 2. The van der Waals surface area contributed by atoms with Crippen LogP contribution in [0.15, 0.2) is 60.0 Å².